The molecule has 2 aliphatic heterocycles. The van der Waals surface area contributed by atoms with Crippen LogP contribution in [0.1, 0.15) is 43.2 Å². The molecule has 37 heavy (non-hydrogen) atoms. The lowest BCUT2D eigenvalue weighted by molar-refractivity contribution is -0.135. The van der Waals surface area contributed by atoms with Gasteiger partial charge in [-0.1, -0.05) is 30.7 Å². The maximum atomic E-state index is 14.5. The first kappa shape index (κ1) is 25.9. The molecule has 2 aliphatic rings. The van der Waals surface area contributed by atoms with Crippen LogP contribution in [0.15, 0.2) is 58.2 Å². The van der Waals surface area contributed by atoms with Crippen LogP contribution in [0, 0.1) is 5.82 Å². The molecule has 0 spiro atoms. The smallest absolute Gasteiger partial charge is 0.255 e. The maximum Gasteiger partial charge on any atom is 0.255 e. The summed E-state index contributed by atoms with van der Waals surface area (Å²) in [5, 5.41) is 0.959. The van der Waals surface area contributed by atoms with E-state index in [1.54, 1.807) is 34.5 Å². The molecule has 2 saturated heterocycles. The molecule has 2 N–H and O–H groups in total. The van der Waals surface area contributed by atoms with Crippen molar-refractivity contribution in [2.24, 2.45) is 5.73 Å². The first-order chi connectivity index (χ1) is 17.9. The van der Waals surface area contributed by atoms with E-state index in [-0.39, 0.29) is 23.8 Å². The minimum atomic E-state index is -0.584. The van der Waals surface area contributed by atoms with E-state index in [0.29, 0.717) is 43.6 Å². The average Bonchev–Trinajstić information content (AvgIpc) is 2.92. The second-order valence-electron chi connectivity index (χ2n) is 10.3. The first-order valence-corrected chi connectivity index (χ1v) is 14.3. The number of nitrogens with two attached hydrogens (primary N) is 1. The normalized spacial score (nSPS) is 18.8. The summed E-state index contributed by atoms with van der Waals surface area (Å²) in [6.45, 7) is 3.92. The Balaban J connectivity index is 1.43. The van der Waals surface area contributed by atoms with Crippen LogP contribution in [0.3, 0.4) is 0 Å². The number of nitrogens with zero attached hydrogens (tertiary/aromatic N) is 3. The number of likely N-dealkylation sites (tertiary alicyclic amines) is 2. The Labute approximate surface area is 221 Å². The van der Waals surface area contributed by atoms with Crippen molar-refractivity contribution in [3.63, 3.8) is 0 Å². The third kappa shape index (κ3) is 5.19. The standard InChI is InChI=1S/C29H35FN4O2S/c1-37-24-10-9-21-17-23(27(35)34(26(21)18-24)20-22-7-3-4-8-25(22)30)19-32-15-11-29(12-16-32,28(31)36)33-13-5-2-6-14-33/h3-4,7-10,17-18H,2,5-6,11-16,19-20H2,1H3,(H2,31,36). The van der Waals surface area contributed by atoms with E-state index in [1.807, 2.05) is 24.5 Å². The molecule has 0 unspecified atom stereocenters. The fourth-order valence-electron chi connectivity index (χ4n) is 5.97. The van der Waals surface area contributed by atoms with Gasteiger partial charge in [0.15, 0.2) is 0 Å². The SMILES string of the molecule is CSc1ccc2cc(CN3CCC(C(N)=O)(N4CCCCC4)CC3)c(=O)n(Cc3ccccc3F)c2c1. The highest BCUT2D eigenvalue weighted by atomic mass is 32.2. The molecule has 0 aliphatic carbocycles. The molecule has 196 valence electrons. The molecule has 3 heterocycles. The molecule has 0 saturated carbocycles. The summed E-state index contributed by atoms with van der Waals surface area (Å²) < 4.78 is 16.3. The molecule has 1 aromatic heterocycles. The summed E-state index contributed by atoms with van der Waals surface area (Å²) in [4.78, 5) is 32.0. The van der Waals surface area contributed by atoms with Gasteiger partial charge in [-0.15, -0.1) is 11.8 Å². The molecule has 1 amide bonds. The molecule has 2 aromatic carbocycles. The Morgan fingerprint density at radius 2 is 1.70 bits per heavy atom. The number of fused-ring (bicyclic) bond motifs is 1. The van der Waals surface area contributed by atoms with Crippen molar-refractivity contribution in [2.75, 3.05) is 32.4 Å². The summed E-state index contributed by atoms with van der Waals surface area (Å²) in [6.07, 6.45) is 6.77. The Kier molecular flexibility index (Phi) is 7.70. The number of amides is 1. The Morgan fingerprint density at radius 3 is 2.38 bits per heavy atom. The van der Waals surface area contributed by atoms with Gasteiger partial charge in [-0.25, -0.2) is 4.39 Å². The molecule has 8 heteroatoms. The van der Waals surface area contributed by atoms with Gasteiger partial charge in [0.25, 0.3) is 5.56 Å². The average molecular weight is 523 g/mol. The van der Waals surface area contributed by atoms with Crippen LogP contribution >= 0.6 is 11.8 Å². The number of piperidine rings is 2. The van der Waals surface area contributed by atoms with Crippen LogP contribution in [0.5, 0.6) is 0 Å². The number of thioether (sulfide) groups is 1. The van der Waals surface area contributed by atoms with Gasteiger partial charge in [0, 0.05) is 35.7 Å². The topological polar surface area (TPSA) is 71.6 Å². The summed E-state index contributed by atoms with van der Waals surface area (Å²) in [5.74, 6) is -0.540. The maximum absolute atomic E-state index is 14.5. The molecule has 0 radical (unpaired) electrons. The minimum absolute atomic E-state index is 0.100. The van der Waals surface area contributed by atoms with Gasteiger partial charge < -0.3 is 10.3 Å². The van der Waals surface area contributed by atoms with Crippen LogP contribution in [-0.4, -0.2) is 58.2 Å². The second kappa shape index (κ2) is 11.0. The van der Waals surface area contributed by atoms with Gasteiger partial charge >= 0.3 is 0 Å². The number of carbonyl (C=O) groups excluding carboxylic acids is 1. The minimum Gasteiger partial charge on any atom is -0.368 e. The van der Waals surface area contributed by atoms with Crippen molar-refractivity contribution >= 4 is 28.6 Å². The van der Waals surface area contributed by atoms with E-state index >= 15 is 0 Å². The van der Waals surface area contributed by atoms with Crippen LogP contribution in [0.2, 0.25) is 0 Å². The number of halogens is 1. The molecule has 2 fully saturated rings. The van der Waals surface area contributed by atoms with Crippen LogP contribution in [0.25, 0.3) is 10.9 Å². The second-order valence-corrected chi connectivity index (χ2v) is 11.2. The van der Waals surface area contributed by atoms with Crippen LogP contribution in [0.4, 0.5) is 4.39 Å². The van der Waals surface area contributed by atoms with E-state index < -0.39 is 5.54 Å². The predicted octanol–water partition coefficient (Wildman–Crippen LogP) is 4.22. The largest absolute Gasteiger partial charge is 0.368 e. The van der Waals surface area contributed by atoms with Crippen molar-refractivity contribution in [3.8, 4) is 0 Å². The Morgan fingerprint density at radius 1 is 0.973 bits per heavy atom. The zero-order valence-corrected chi connectivity index (χ0v) is 22.2. The summed E-state index contributed by atoms with van der Waals surface area (Å²) in [6, 6.07) is 14.7. The van der Waals surface area contributed by atoms with Crippen molar-refractivity contribution < 1.29 is 9.18 Å². The third-order valence-electron chi connectivity index (χ3n) is 8.16. The van der Waals surface area contributed by atoms with E-state index in [2.05, 4.69) is 15.9 Å². The van der Waals surface area contributed by atoms with Crippen molar-refractivity contribution in [1.82, 2.24) is 14.4 Å². The quantitative estimate of drug-likeness (QED) is 0.471. The van der Waals surface area contributed by atoms with Crippen LogP contribution < -0.4 is 11.3 Å². The van der Waals surface area contributed by atoms with Gasteiger partial charge in [-0.3, -0.25) is 19.4 Å². The number of benzene rings is 2. The fourth-order valence-corrected chi connectivity index (χ4v) is 6.40. The van der Waals surface area contributed by atoms with Gasteiger partial charge in [-0.05, 0) is 74.7 Å². The zero-order valence-electron chi connectivity index (χ0n) is 21.4. The van der Waals surface area contributed by atoms with Gasteiger partial charge in [0.2, 0.25) is 5.91 Å². The molecule has 0 bridgehead atoms. The number of pyridine rings is 1. The van der Waals surface area contributed by atoms with Gasteiger partial charge in [-0.2, -0.15) is 0 Å². The van der Waals surface area contributed by atoms with Crippen molar-refractivity contribution in [3.05, 3.63) is 75.8 Å². The summed E-state index contributed by atoms with van der Waals surface area (Å²) >= 11 is 1.61. The fraction of sp³-hybridized carbons (Fsp3) is 0.448. The zero-order chi connectivity index (χ0) is 26.0. The predicted molar refractivity (Wildman–Crippen MR) is 147 cm³/mol. The van der Waals surface area contributed by atoms with E-state index in [4.69, 9.17) is 5.73 Å². The molecule has 3 aromatic rings. The monoisotopic (exact) mass is 522 g/mol. The molecule has 5 rings (SSSR count). The highest BCUT2D eigenvalue weighted by Crippen LogP contribution is 2.32. The van der Waals surface area contributed by atoms with E-state index in [1.165, 1.54) is 12.5 Å². The van der Waals surface area contributed by atoms with Crippen molar-refractivity contribution in [2.45, 2.75) is 55.6 Å². The lowest BCUT2D eigenvalue weighted by Crippen LogP contribution is -2.63. The number of hydrogen-bond donors (Lipinski definition) is 1. The Hall–Kier alpha value is -2.68. The van der Waals surface area contributed by atoms with Crippen molar-refractivity contribution in [1.29, 1.82) is 0 Å². The first-order valence-electron chi connectivity index (χ1n) is 13.1. The van der Waals surface area contributed by atoms with E-state index in [9.17, 15) is 14.0 Å². The molecular weight excluding hydrogens is 487 g/mol. The number of rotatable bonds is 7. The molecular formula is C29H35FN4O2S. The van der Waals surface area contributed by atoms with E-state index in [0.717, 1.165) is 41.7 Å². The summed E-state index contributed by atoms with van der Waals surface area (Å²) in [5.41, 5.74) is 7.26. The molecule has 0 atom stereocenters. The number of carbonyl (C=O) groups is 1. The molecule has 6 nitrogen and oxygen atoms in total. The van der Waals surface area contributed by atoms with Gasteiger partial charge in [0.1, 0.15) is 11.4 Å². The lowest BCUT2D eigenvalue weighted by Gasteiger charge is -2.48. The summed E-state index contributed by atoms with van der Waals surface area (Å²) in [7, 11) is 0. The lowest BCUT2D eigenvalue weighted by atomic mass is 9.83. The number of hydrogen-bond acceptors (Lipinski definition) is 5. The Bertz CT molecular complexity index is 1340. The number of aromatic nitrogens is 1. The number of primary amides is 1. The van der Waals surface area contributed by atoms with Crippen LogP contribution in [-0.2, 0) is 17.9 Å². The van der Waals surface area contributed by atoms with Gasteiger partial charge in [0.05, 0.1) is 12.1 Å². The highest BCUT2D eigenvalue weighted by Gasteiger charge is 2.45. The third-order valence-corrected chi connectivity index (χ3v) is 8.89. The highest BCUT2D eigenvalue weighted by molar-refractivity contribution is 7.98.